The average molecular weight is 401 g/mol. The zero-order valence-electron chi connectivity index (χ0n) is 13.0. The van der Waals surface area contributed by atoms with E-state index in [1.807, 2.05) is 6.07 Å². The van der Waals surface area contributed by atoms with Crippen LogP contribution in [0.4, 0.5) is 4.79 Å². The van der Waals surface area contributed by atoms with Gasteiger partial charge in [0, 0.05) is 16.1 Å². The van der Waals surface area contributed by atoms with Crippen LogP contribution in [-0.2, 0) is 17.9 Å². The van der Waals surface area contributed by atoms with Gasteiger partial charge in [0.1, 0.15) is 6.61 Å². The van der Waals surface area contributed by atoms with E-state index in [0.717, 1.165) is 22.2 Å². The van der Waals surface area contributed by atoms with Gasteiger partial charge in [-0.2, -0.15) is 0 Å². The van der Waals surface area contributed by atoms with Gasteiger partial charge in [-0.15, -0.1) is 11.3 Å². The van der Waals surface area contributed by atoms with E-state index < -0.39 is 11.1 Å². The van der Waals surface area contributed by atoms with Gasteiger partial charge in [-0.05, 0) is 11.8 Å². The van der Waals surface area contributed by atoms with Gasteiger partial charge in [0.25, 0.3) is 0 Å². The number of carbonyl (C=O) groups is 1. The second-order valence-corrected chi connectivity index (χ2v) is 6.94. The lowest BCUT2D eigenvalue weighted by Gasteiger charge is -2.13. The van der Waals surface area contributed by atoms with E-state index in [2.05, 4.69) is 9.98 Å². The summed E-state index contributed by atoms with van der Waals surface area (Å²) in [7, 11) is 0. The average Bonchev–Trinajstić information content (AvgIpc) is 3.02. The zero-order valence-corrected chi connectivity index (χ0v) is 15.4. The van der Waals surface area contributed by atoms with Crippen LogP contribution in [0.5, 0.6) is 0 Å². The van der Waals surface area contributed by atoms with Crippen molar-refractivity contribution in [2.24, 2.45) is 4.99 Å². The summed E-state index contributed by atoms with van der Waals surface area (Å²) in [6.07, 6.45) is 2.00. The third kappa shape index (κ3) is 5.69. The summed E-state index contributed by atoms with van der Waals surface area (Å²) in [6.45, 7) is 0.0486. The van der Waals surface area contributed by atoms with Crippen molar-refractivity contribution in [3.63, 3.8) is 0 Å². The van der Waals surface area contributed by atoms with Gasteiger partial charge in [0.05, 0.1) is 6.54 Å². The minimum Gasteiger partial charge on any atom is -0.441 e. The number of amides is 1. The molecule has 0 aliphatic rings. The molecule has 1 aromatic heterocycles. The lowest BCUT2D eigenvalue weighted by molar-refractivity contribution is -0.609. The van der Waals surface area contributed by atoms with Crippen LogP contribution < -0.4 is 0 Å². The van der Waals surface area contributed by atoms with E-state index in [-0.39, 0.29) is 23.3 Å². The molecule has 0 unspecified atom stereocenters. The van der Waals surface area contributed by atoms with Crippen molar-refractivity contribution in [2.75, 3.05) is 6.26 Å². The van der Waals surface area contributed by atoms with Crippen molar-refractivity contribution in [2.45, 2.75) is 13.2 Å². The summed E-state index contributed by atoms with van der Waals surface area (Å²) in [6, 6.07) is 8.88. The Morgan fingerprint density at radius 2 is 2.20 bits per heavy atom. The Morgan fingerprint density at radius 3 is 2.76 bits per heavy atom. The molecule has 0 spiro atoms. The number of rotatable bonds is 5. The molecule has 1 heterocycles. The third-order valence-corrected chi connectivity index (χ3v) is 4.57. The predicted molar refractivity (Wildman–Crippen MR) is 97.2 cm³/mol. The van der Waals surface area contributed by atoms with Crippen LogP contribution in [0, 0.1) is 10.1 Å². The van der Waals surface area contributed by atoms with Crippen molar-refractivity contribution in [1.29, 1.82) is 0 Å². The first-order valence-corrected chi connectivity index (χ1v) is 9.27. The molecule has 0 saturated carbocycles. The van der Waals surface area contributed by atoms with Gasteiger partial charge >= 0.3 is 6.09 Å². The topological polar surface area (TPSA) is 97.9 Å². The molecule has 1 aromatic carbocycles. The lowest BCUT2D eigenvalue weighted by Crippen LogP contribution is -2.40. The van der Waals surface area contributed by atoms with E-state index in [4.69, 9.17) is 16.3 Å². The van der Waals surface area contributed by atoms with E-state index in [9.17, 15) is 14.9 Å². The molecule has 0 N–H and O–H groups in total. The van der Waals surface area contributed by atoms with Crippen LogP contribution in [0.3, 0.4) is 0 Å². The fraction of sp³-hybridized carbons (Fsp3) is 0.214. The van der Waals surface area contributed by atoms with Crippen LogP contribution >= 0.6 is 34.7 Å². The number of hydrazine groups is 1. The largest absolute Gasteiger partial charge is 0.475 e. The molecule has 0 radical (unpaired) electrons. The highest BCUT2D eigenvalue weighted by molar-refractivity contribution is 8.13. The van der Waals surface area contributed by atoms with E-state index >= 15 is 0 Å². The number of amidine groups is 1. The fourth-order valence-corrected chi connectivity index (χ4v) is 3.13. The molecule has 8 nitrogen and oxygen atoms in total. The van der Waals surface area contributed by atoms with Crippen molar-refractivity contribution in [3.05, 3.63) is 61.6 Å². The normalized spacial score (nSPS) is 11.2. The number of aromatic nitrogens is 1. The van der Waals surface area contributed by atoms with Gasteiger partial charge in [-0.1, -0.05) is 53.7 Å². The Balaban J connectivity index is 2.07. The zero-order chi connectivity index (χ0) is 18.2. The minimum absolute atomic E-state index is 0.0733. The van der Waals surface area contributed by atoms with Gasteiger partial charge in [0.2, 0.25) is 5.17 Å². The van der Waals surface area contributed by atoms with Gasteiger partial charge in [-0.25, -0.2) is 19.9 Å². The highest BCUT2D eigenvalue weighted by Gasteiger charge is 2.32. The molecule has 0 saturated heterocycles. The van der Waals surface area contributed by atoms with Gasteiger partial charge in [0.15, 0.2) is 9.50 Å². The van der Waals surface area contributed by atoms with E-state index in [1.165, 1.54) is 17.5 Å². The predicted octanol–water partition coefficient (Wildman–Crippen LogP) is 3.85. The van der Waals surface area contributed by atoms with Gasteiger partial charge < -0.3 is 4.74 Å². The molecule has 0 aliphatic carbocycles. The number of halogens is 1. The molecule has 2 rings (SSSR count). The molecule has 11 heteroatoms. The summed E-state index contributed by atoms with van der Waals surface area (Å²) in [5.74, 6) is 0. The Kier molecular flexibility index (Phi) is 7.16. The van der Waals surface area contributed by atoms with E-state index in [0.29, 0.717) is 4.47 Å². The Hall–Kier alpha value is -2.17. The number of carbonyl (C=O) groups excluding carboxylic acids is 1. The maximum Gasteiger partial charge on any atom is 0.475 e. The summed E-state index contributed by atoms with van der Waals surface area (Å²) < 4.78 is 5.36. The number of aliphatic imine (C=N–C) groups is 1. The summed E-state index contributed by atoms with van der Waals surface area (Å²) in [5, 5.41) is 10.6. The Bertz CT molecular complexity index is 769. The quantitative estimate of drug-likeness (QED) is 0.327. The molecule has 0 fully saturated rings. The first-order valence-electron chi connectivity index (χ1n) is 6.85. The molecular formula is C14H13ClN4O4S2. The fourth-order valence-electron chi connectivity index (χ4n) is 1.72. The Morgan fingerprint density at radius 1 is 1.48 bits per heavy atom. The lowest BCUT2D eigenvalue weighted by atomic mass is 10.2. The second-order valence-electron chi connectivity index (χ2n) is 4.47. The molecule has 2 aromatic rings. The minimum atomic E-state index is -1.11. The number of nitrogens with zero attached hydrogens (tertiary/aromatic N) is 4. The maximum absolute atomic E-state index is 12.1. The molecule has 0 bridgehead atoms. The van der Waals surface area contributed by atoms with Crippen molar-refractivity contribution < 1.29 is 14.6 Å². The second kappa shape index (κ2) is 9.35. The summed E-state index contributed by atoms with van der Waals surface area (Å²) in [4.78, 5) is 32.1. The smallest absolute Gasteiger partial charge is 0.441 e. The first-order chi connectivity index (χ1) is 12.0. The number of hydrogen-bond acceptors (Lipinski definition) is 8. The molecular weight excluding hydrogens is 388 g/mol. The van der Waals surface area contributed by atoms with Gasteiger partial charge in [-0.3, -0.25) is 4.99 Å². The summed E-state index contributed by atoms with van der Waals surface area (Å²) in [5.41, 5.74) is 0.723. The van der Waals surface area contributed by atoms with E-state index in [1.54, 1.807) is 30.5 Å². The monoisotopic (exact) mass is 400 g/mol. The van der Waals surface area contributed by atoms with Crippen molar-refractivity contribution in [1.82, 2.24) is 9.99 Å². The van der Waals surface area contributed by atoms with Crippen LogP contribution in [0.25, 0.3) is 0 Å². The number of thioether (sulfide) groups is 1. The standard InChI is InChI=1S/C14H13ClN4O4S2/c1-24-13(17-8-11-7-16-12(15)25-11)18(19(21)22)14(20)23-9-10-5-3-2-4-6-10/h2-7H,8-9H2,1H3. The number of ether oxygens (including phenoxy) is 1. The highest BCUT2D eigenvalue weighted by atomic mass is 35.5. The highest BCUT2D eigenvalue weighted by Crippen LogP contribution is 2.19. The van der Waals surface area contributed by atoms with Crippen LogP contribution in [0.1, 0.15) is 10.4 Å². The maximum atomic E-state index is 12.1. The van der Waals surface area contributed by atoms with Crippen molar-refractivity contribution in [3.8, 4) is 0 Å². The molecule has 0 atom stereocenters. The number of benzene rings is 1. The molecule has 25 heavy (non-hydrogen) atoms. The SMILES string of the molecule is CSC(=NCc1cnc(Cl)s1)N(C(=O)OCc1ccccc1)[N+](=O)[O-]. The third-order valence-electron chi connectivity index (χ3n) is 2.80. The molecule has 132 valence electrons. The first kappa shape index (κ1) is 19.2. The number of nitro groups is 1. The Labute approximate surface area is 156 Å². The molecule has 0 aliphatic heterocycles. The van der Waals surface area contributed by atoms with Crippen molar-refractivity contribution >= 4 is 46.0 Å². The number of thiazole rings is 1. The number of hydrogen-bond donors (Lipinski definition) is 0. The van der Waals surface area contributed by atoms with Crippen LogP contribution in [0.2, 0.25) is 4.47 Å². The van der Waals surface area contributed by atoms with Crippen LogP contribution in [0.15, 0.2) is 41.5 Å². The molecule has 1 amide bonds. The summed E-state index contributed by atoms with van der Waals surface area (Å²) >= 11 is 7.91. The van der Waals surface area contributed by atoms with Crippen LogP contribution in [-0.4, -0.2) is 32.5 Å².